The molecule has 9 heteroatoms. The lowest BCUT2D eigenvalue weighted by molar-refractivity contribution is 0.0730. The molecule has 0 spiro atoms. The van der Waals surface area contributed by atoms with Gasteiger partial charge in [0.25, 0.3) is 5.91 Å². The van der Waals surface area contributed by atoms with Crippen LogP contribution >= 0.6 is 0 Å². The molecule has 0 atom stereocenters. The molecule has 0 aliphatic carbocycles. The van der Waals surface area contributed by atoms with E-state index in [9.17, 15) is 13.2 Å². The van der Waals surface area contributed by atoms with Gasteiger partial charge in [-0.3, -0.25) is 4.79 Å². The van der Waals surface area contributed by atoms with Gasteiger partial charge in [0.05, 0.1) is 35.0 Å². The average molecular weight is 522 g/mol. The molecule has 0 radical (unpaired) electrons. The first-order valence-corrected chi connectivity index (χ1v) is 14.0. The number of rotatable bonds is 8. The van der Waals surface area contributed by atoms with Gasteiger partial charge < -0.3 is 19.7 Å². The predicted octanol–water partition coefficient (Wildman–Crippen LogP) is 4.14. The second-order valence-electron chi connectivity index (χ2n) is 9.11. The number of ether oxygens (including phenoxy) is 2. The summed E-state index contributed by atoms with van der Waals surface area (Å²) in [7, 11) is -3.71. The molecule has 1 N–H and O–H groups in total. The molecule has 3 aromatic rings. The topological polar surface area (TPSA) is 88.2 Å². The van der Waals surface area contributed by atoms with Crippen molar-refractivity contribution in [3.63, 3.8) is 0 Å². The van der Waals surface area contributed by atoms with Crippen LogP contribution in [0.3, 0.4) is 0 Å². The van der Waals surface area contributed by atoms with Crippen LogP contribution in [0.15, 0.2) is 77.7 Å². The number of benzene rings is 3. The number of anilines is 2. The highest BCUT2D eigenvalue weighted by molar-refractivity contribution is 7.89. The van der Waals surface area contributed by atoms with Crippen LogP contribution in [-0.2, 0) is 21.4 Å². The van der Waals surface area contributed by atoms with Crippen LogP contribution in [0, 0.1) is 0 Å². The molecule has 194 valence electrons. The second-order valence-corrected chi connectivity index (χ2v) is 11.1. The third-order valence-electron chi connectivity index (χ3n) is 6.64. The van der Waals surface area contributed by atoms with Crippen molar-refractivity contribution in [3.05, 3.63) is 83.9 Å². The van der Waals surface area contributed by atoms with E-state index in [0.29, 0.717) is 49.9 Å². The summed E-state index contributed by atoms with van der Waals surface area (Å²) < 4.78 is 39.4. The Morgan fingerprint density at radius 1 is 0.892 bits per heavy atom. The van der Waals surface area contributed by atoms with Crippen molar-refractivity contribution in [2.24, 2.45) is 0 Å². The Labute approximate surface area is 217 Å². The lowest BCUT2D eigenvalue weighted by atomic mass is 10.1. The second kappa shape index (κ2) is 11.3. The van der Waals surface area contributed by atoms with Crippen molar-refractivity contribution < 1.29 is 22.7 Å². The molecule has 2 saturated heterocycles. The molecule has 0 aromatic heterocycles. The third kappa shape index (κ3) is 5.79. The van der Waals surface area contributed by atoms with Gasteiger partial charge in [0.1, 0.15) is 12.4 Å². The zero-order chi connectivity index (χ0) is 25.7. The van der Waals surface area contributed by atoms with Crippen LogP contribution in [0.2, 0.25) is 0 Å². The fourth-order valence-corrected chi connectivity index (χ4v) is 6.09. The minimum absolute atomic E-state index is 0.154. The normalized spacial score (nSPS) is 16.5. The number of hydrogen-bond donors (Lipinski definition) is 1. The molecule has 2 fully saturated rings. The van der Waals surface area contributed by atoms with Crippen LogP contribution in [0.25, 0.3) is 0 Å². The van der Waals surface area contributed by atoms with Crippen molar-refractivity contribution >= 4 is 27.3 Å². The Bertz CT molecular complexity index is 1330. The van der Waals surface area contributed by atoms with Crippen LogP contribution < -0.4 is 15.0 Å². The van der Waals surface area contributed by atoms with E-state index < -0.39 is 10.0 Å². The molecular weight excluding hydrogens is 490 g/mol. The summed E-state index contributed by atoms with van der Waals surface area (Å²) in [5.41, 5.74) is 2.66. The number of sulfonamides is 1. The Morgan fingerprint density at radius 2 is 1.59 bits per heavy atom. The largest absolute Gasteiger partial charge is 0.488 e. The van der Waals surface area contributed by atoms with Gasteiger partial charge in [-0.25, -0.2) is 8.42 Å². The van der Waals surface area contributed by atoms with Crippen molar-refractivity contribution in [1.29, 1.82) is 0 Å². The van der Waals surface area contributed by atoms with Gasteiger partial charge in [0.2, 0.25) is 10.0 Å². The van der Waals surface area contributed by atoms with E-state index in [1.54, 1.807) is 36.4 Å². The summed E-state index contributed by atoms with van der Waals surface area (Å²) in [5.74, 6) is 0.105. The smallest absolute Gasteiger partial charge is 0.259 e. The maximum absolute atomic E-state index is 13.5. The molecule has 0 bridgehead atoms. The average Bonchev–Trinajstić information content (AvgIpc) is 3.48. The van der Waals surface area contributed by atoms with E-state index >= 15 is 0 Å². The molecular formula is C28H31N3O5S. The van der Waals surface area contributed by atoms with E-state index in [2.05, 4.69) is 10.2 Å². The summed E-state index contributed by atoms with van der Waals surface area (Å²) in [5, 5.41) is 2.99. The van der Waals surface area contributed by atoms with Gasteiger partial charge in [-0.1, -0.05) is 42.5 Å². The Hall–Kier alpha value is -3.40. The third-order valence-corrected chi connectivity index (χ3v) is 8.53. The van der Waals surface area contributed by atoms with Crippen molar-refractivity contribution in [3.8, 4) is 5.75 Å². The van der Waals surface area contributed by atoms with Gasteiger partial charge in [-0.15, -0.1) is 0 Å². The van der Waals surface area contributed by atoms with Crippen LogP contribution in [0.5, 0.6) is 5.75 Å². The SMILES string of the molecule is O=C(Nc1cc(S(=O)(=O)N2CCOCC2)ccc1N1CCCC1)c1ccccc1OCc1ccccc1. The molecule has 3 aromatic carbocycles. The first kappa shape index (κ1) is 25.3. The highest BCUT2D eigenvalue weighted by atomic mass is 32.2. The Morgan fingerprint density at radius 3 is 2.35 bits per heavy atom. The molecule has 2 heterocycles. The molecule has 2 aliphatic heterocycles. The fourth-order valence-electron chi connectivity index (χ4n) is 4.65. The fraction of sp³-hybridized carbons (Fsp3) is 0.321. The minimum Gasteiger partial charge on any atom is -0.488 e. The van der Waals surface area contributed by atoms with Gasteiger partial charge in [0, 0.05) is 26.2 Å². The highest BCUT2D eigenvalue weighted by Crippen LogP contribution is 2.33. The summed E-state index contributed by atoms with van der Waals surface area (Å²) in [6.07, 6.45) is 2.11. The zero-order valence-corrected chi connectivity index (χ0v) is 21.5. The molecule has 1 amide bonds. The summed E-state index contributed by atoms with van der Waals surface area (Å²) >= 11 is 0. The van der Waals surface area contributed by atoms with Crippen molar-refractivity contribution in [2.75, 3.05) is 49.6 Å². The van der Waals surface area contributed by atoms with Crippen LogP contribution in [-0.4, -0.2) is 58.0 Å². The van der Waals surface area contributed by atoms with Crippen LogP contribution in [0.4, 0.5) is 11.4 Å². The lowest BCUT2D eigenvalue weighted by Gasteiger charge is -2.27. The standard InChI is InChI=1S/C28H31N3O5S/c32-28(24-10-4-5-11-27(24)36-21-22-8-2-1-3-9-22)29-25-20-23(12-13-26(25)30-14-6-7-15-30)37(33,34)31-16-18-35-19-17-31/h1-5,8-13,20H,6-7,14-19,21H2,(H,29,32). The van der Waals surface area contributed by atoms with Crippen molar-refractivity contribution in [1.82, 2.24) is 4.31 Å². The predicted molar refractivity (Wildman–Crippen MR) is 143 cm³/mol. The number of amides is 1. The Balaban J connectivity index is 1.42. The lowest BCUT2D eigenvalue weighted by Crippen LogP contribution is -2.40. The quantitative estimate of drug-likeness (QED) is 0.480. The van der Waals surface area contributed by atoms with E-state index in [0.717, 1.165) is 37.2 Å². The zero-order valence-electron chi connectivity index (χ0n) is 20.6. The molecule has 0 saturated carbocycles. The first-order valence-electron chi connectivity index (χ1n) is 12.6. The number of carbonyl (C=O) groups is 1. The van der Waals surface area contributed by atoms with E-state index in [4.69, 9.17) is 9.47 Å². The van der Waals surface area contributed by atoms with Gasteiger partial charge in [-0.05, 0) is 48.7 Å². The van der Waals surface area contributed by atoms with E-state index in [1.165, 1.54) is 4.31 Å². The monoisotopic (exact) mass is 521 g/mol. The maximum atomic E-state index is 13.5. The number of carbonyl (C=O) groups excluding carboxylic acids is 1. The molecule has 8 nitrogen and oxygen atoms in total. The maximum Gasteiger partial charge on any atom is 0.259 e. The Kier molecular flexibility index (Phi) is 7.73. The molecule has 37 heavy (non-hydrogen) atoms. The summed E-state index contributed by atoms with van der Waals surface area (Å²) in [6.45, 7) is 3.40. The number of para-hydroxylation sites is 1. The molecule has 0 unspecified atom stereocenters. The van der Waals surface area contributed by atoms with Crippen molar-refractivity contribution in [2.45, 2.75) is 24.3 Å². The molecule has 2 aliphatic rings. The van der Waals surface area contributed by atoms with Gasteiger partial charge >= 0.3 is 0 Å². The first-order chi connectivity index (χ1) is 18.0. The van der Waals surface area contributed by atoms with E-state index in [-0.39, 0.29) is 10.8 Å². The van der Waals surface area contributed by atoms with E-state index in [1.807, 2.05) is 36.4 Å². The minimum atomic E-state index is -3.71. The number of hydrogen-bond acceptors (Lipinski definition) is 6. The molecule has 5 rings (SSSR count). The number of nitrogens with one attached hydrogen (secondary N) is 1. The summed E-state index contributed by atoms with van der Waals surface area (Å²) in [6, 6.07) is 21.8. The van der Waals surface area contributed by atoms with Gasteiger partial charge in [0.15, 0.2) is 0 Å². The number of morpholine rings is 1. The van der Waals surface area contributed by atoms with Crippen LogP contribution in [0.1, 0.15) is 28.8 Å². The highest BCUT2D eigenvalue weighted by Gasteiger charge is 2.28. The summed E-state index contributed by atoms with van der Waals surface area (Å²) in [4.78, 5) is 15.8. The number of nitrogens with zero attached hydrogens (tertiary/aromatic N) is 2. The van der Waals surface area contributed by atoms with Gasteiger partial charge in [-0.2, -0.15) is 4.31 Å².